The largest absolute Gasteiger partial charge is 0.464 e. The molecule has 0 radical (unpaired) electrons. The van der Waals surface area contributed by atoms with Gasteiger partial charge in [0.15, 0.2) is 5.11 Å². The molecule has 0 bridgehead atoms. The number of nitrogens with zero attached hydrogens (tertiary/aromatic N) is 1. The van der Waals surface area contributed by atoms with Crippen LogP contribution in [0.5, 0.6) is 0 Å². The minimum atomic E-state index is 0.625. The second kappa shape index (κ2) is 7.99. The van der Waals surface area contributed by atoms with E-state index in [-0.39, 0.29) is 0 Å². The maximum absolute atomic E-state index is 5.74. The predicted molar refractivity (Wildman–Crippen MR) is 107 cm³/mol. The Morgan fingerprint density at radius 2 is 1.76 bits per heavy atom. The number of benzene rings is 2. The standard InChI is InChI=1S/C21H22N2OS/c1-16-7-6-10-19(13-16)22-21(25)23(14-18-8-4-3-5-9-18)15-20-12-11-17(2)24-20/h3-13H,14-15H2,1-2H3,(H,22,25). The third-order valence-electron chi connectivity index (χ3n) is 3.92. The van der Waals surface area contributed by atoms with Gasteiger partial charge in [0.2, 0.25) is 0 Å². The van der Waals surface area contributed by atoms with Crippen molar-refractivity contribution in [2.75, 3.05) is 5.32 Å². The van der Waals surface area contributed by atoms with Crippen LogP contribution in [0.25, 0.3) is 0 Å². The molecule has 2 aromatic carbocycles. The molecule has 0 atom stereocenters. The Balaban J connectivity index is 1.77. The zero-order chi connectivity index (χ0) is 17.6. The van der Waals surface area contributed by atoms with E-state index in [0.29, 0.717) is 11.7 Å². The summed E-state index contributed by atoms with van der Waals surface area (Å²) in [5.41, 5.74) is 3.40. The molecular weight excluding hydrogens is 328 g/mol. The summed E-state index contributed by atoms with van der Waals surface area (Å²) in [5.74, 6) is 1.81. The van der Waals surface area contributed by atoms with Crippen LogP contribution in [0.3, 0.4) is 0 Å². The number of hydrogen-bond acceptors (Lipinski definition) is 2. The lowest BCUT2D eigenvalue weighted by Crippen LogP contribution is -2.33. The van der Waals surface area contributed by atoms with Crippen molar-refractivity contribution in [2.24, 2.45) is 0 Å². The van der Waals surface area contributed by atoms with E-state index < -0.39 is 0 Å². The molecule has 0 saturated carbocycles. The molecule has 0 aliphatic heterocycles. The highest BCUT2D eigenvalue weighted by atomic mass is 32.1. The second-order valence-electron chi connectivity index (χ2n) is 6.15. The highest BCUT2D eigenvalue weighted by molar-refractivity contribution is 7.80. The summed E-state index contributed by atoms with van der Waals surface area (Å²) in [6, 6.07) is 22.5. The molecule has 0 amide bonds. The van der Waals surface area contributed by atoms with Gasteiger partial charge in [-0.2, -0.15) is 0 Å². The van der Waals surface area contributed by atoms with E-state index in [9.17, 15) is 0 Å². The quantitative estimate of drug-likeness (QED) is 0.633. The van der Waals surface area contributed by atoms with Crippen molar-refractivity contribution >= 4 is 23.0 Å². The zero-order valence-corrected chi connectivity index (χ0v) is 15.3. The molecule has 3 rings (SSSR count). The van der Waals surface area contributed by atoms with Crippen LogP contribution in [-0.4, -0.2) is 10.0 Å². The van der Waals surface area contributed by atoms with Crippen LogP contribution in [0.1, 0.15) is 22.6 Å². The van der Waals surface area contributed by atoms with Gasteiger partial charge in [-0.25, -0.2) is 0 Å². The minimum absolute atomic E-state index is 0.625. The topological polar surface area (TPSA) is 28.4 Å². The van der Waals surface area contributed by atoms with Gasteiger partial charge in [0.1, 0.15) is 11.5 Å². The Hall–Kier alpha value is -2.59. The van der Waals surface area contributed by atoms with Crippen LogP contribution >= 0.6 is 12.2 Å². The molecule has 0 fully saturated rings. The summed E-state index contributed by atoms with van der Waals surface area (Å²) >= 11 is 5.68. The summed E-state index contributed by atoms with van der Waals surface area (Å²) in [5, 5.41) is 4.03. The van der Waals surface area contributed by atoms with Crippen molar-refractivity contribution in [2.45, 2.75) is 26.9 Å². The number of rotatable bonds is 5. The Labute approximate surface area is 154 Å². The van der Waals surface area contributed by atoms with E-state index >= 15 is 0 Å². The van der Waals surface area contributed by atoms with Crippen molar-refractivity contribution in [3.05, 3.63) is 89.4 Å². The number of furan rings is 1. The first-order valence-electron chi connectivity index (χ1n) is 8.32. The number of nitrogens with one attached hydrogen (secondary N) is 1. The van der Waals surface area contributed by atoms with Crippen LogP contribution in [0, 0.1) is 13.8 Å². The number of thiocarbonyl (C=S) groups is 1. The van der Waals surface area contributed by atoms with Gasteiger partial charge < -0.3 is 14.6 Å². The van der Waals surface area contributed by atoms with Gasteiger partial charge in [-0.05, 0) is 61.5 Å². The van der Waals surface area contributed by atoms with Crippen LogP contribution in [0.15, 0.2) is 71.1 Å². The average molecular weight is 350 g/mol. The maximum Gasteiger partial charge on any atom is 0.174 e. The fourth-order valence-corrected chi connectivity index (χ4v) is 2.93. The molecule has 128 valence electrons. The molecule has 0 aliphatic carbocycles. The molecule has 3 nitrogen and oxygen atoms in total. The molecule has 25 heavy (non-hydrogen) atoms. The van der Waals surface area contributed by atoms with E-state index in [0.717, 1.165) is 23.8 Å². The molecular formula is C21H22N2OS. The predicted octanol–water partition coefficient (Wildman–Crippen LogP) is 5.30. The van der Waals surface area contributed by atoms with Gasteiger partial charge in [-0.3, -0.25) is 0 Å². The molecule has 0 aliphatic rings. The van der Waals surface area contributed by atoms with Crippen molar-refractivity contribution in [3.63, 3.8) is 0 Å². The molecule has 1 heterocycles. The van der Waals surface area contributed by atoms with E-state index in [1.165, 1.54) is 11.1 Å². The summed E-state index contributed by atoms with van der Waals surface area (Å²) in [7, 11) is 0. The van der Waals surface area contributed by atoms with Crippen LogP contribution in [0.4, 0.5) is 5.69 Å². The SMILES string of the molecule is Cc1cccc(NC(=S)N(Cc2ccccc2)Cc2ccc(C)o2)c1. The normalized spacial score (nSPS) is 10.5. The maximum atomic E-state index is 5.74. The van der Waals surface area contributed by atoms with Gasteiger partial charge in [0.25, 0.3) is 0 Å². The molecule has 1 aromatic heterocycles. The minimum Gasteiger partial charge on any atom is -0.464 e. The fraction of sp³-hybridized carbons (Fsp3) is 0.190. The third kappa shape index (κ3) is 4.94. The third-order valence-corrected chi connectivity index (χ3v) is 4.28. The van der Waals surface area contributed by atoms with Gasteiger partial charge in [-0.15, -0.1) is 0 Å². The monoisotopic (exact) mass is 350 g/mol. The summed E-state index contributed by atoms with van der Waals surface area (Å²) in [4.78, 5) is 2.12. The lowest BCUT2D eigenvalue weighted by Gasteiger charge is -2.25. The van der Waals surface area contributed by atoms with E-state index in [1.807, 2.05) is 49.4 Å². The first-order valence-corrected chi connectivity index (χ1v) is 8.73. The summed E-state index contributed by atoms with van der Waals surface area (Å²) < 4.78 is 5.74. The van der Waals surface area contributed by atoms with Crippen molar-refractivity contribution in [1.29, 1.82) is 0 Å². The van der Waals surface area contributed by atoms with E-state index in [2.05, 4.69) is 41.4 Å². The van der Waals surface area contributed by atoms with Crippen LogP contribution < -0.4 is 5.32 Å². The smallest absolute Gasteiger partial charge is 0.174 e. The van der Waals surface area contributed by atoms with Gasteiger partial charge >= 0.3 is 0 Å². The number of aryl methyl sites for hydroxylation is 2. The van der Waals surface area contributed by atoms with Crippen LogP contribution in [-0.2, 0) is 13.1 Å². The Bertz CT molecular complexity index is 842. The molecule has 1 N–H and O–H groups in total. The molecule has 0 spiro atoms. The Morgan fingerprint density at radius 3 is 2.44 bits per heavy atom. The lowest BCUT2D eigenvalue weighted by molar-refractivity contribution is 0.354. The zero-order valence-electron chi connectivity index (χ0n) is 14.5. The van der Waals surface area contributed by atoms with Crippen molar-refractivity contribution in [1.82, 2.24) is 4.90 Å². The lowest BCUT2D eigenvalue weighted by atomic mass is 10.2. The summed E-state index contributed by atoms with van der Waals surface area (Å²) in [6.45, 7) is 5.37. The molecule has 3 aromatic rings. The Morgan fingerprint density at radius 1 is 0.960 bits per heavy atom. The van der Waals surface area contributed by atoms with E-state index in [4.69, 9.17) is 16.6 Å². The average Bonchev–Trinajstić information content (AvgIpc) is 3.00. The highest BCUT2D eigenvalue weighted by Gasteiger charge is 2.13. The van der Waals surface area contributed by atoms with Gasteiger partial charge in [0, 0.05) is 12.2 Å². The first kappa shape index (κ1) is 17.2. The van der Waals surface area contributed by atoms with Crippen molar-refractivity contribution in [3.8, 4) is 0 Å². The molecule has 0 saturated heterocycles. The van der Waals surface area contributed by atoms with Gasteiger partial charge in [0.05, 0.1) is 6.54 Å². The summed E-state index contributed by atoms with van der Waals surface area (Å²) in [6.07, 6.45) is 0. The first-order chi connectivity index (χ1) is 12.1. The Kier molecular flexibility index (Phi) is 5.51. The molecule has 0 unspecified atom stereocenters. The highest BCUT2D eigenvalue weighted by Crippen LogP contribution is 2.16. The van der Waals surface area contributed by atoms with E-state index in [1.54, 1.807) is 0 Å². The van der Waals surface area contributed by atoms with Gasteiger partial charge in [-0.1, -0.05) is 42.5 Å². The fourth-order valence-electron chi connectivity index (χ4n) is 2.69. The van der Waals surface area contributed by atoms with Crippen LogP contribution in [0.2, 0.25) is 0 Å². The molecule has 4 heteroatoms. The number of hydrogen-bond donors (Lipinski definition) is 1. The van der Waals surface area contributed by atoms with Crippen molar-refractivity contribution < 1.29 is 4.42 Å². The number of anilines is 1. The second-order valence-corrected chi connectivity index (χ2v) is 6.54.